The molecule has 0 heterocycles. The van der Waals surface area contributed by atoms with Crippen LogP contribution in [0.5, 0.6) is 0 Å². The summed E-state index contributed by atoms with van der Waals surface area (Å²) in [6.45, 7) is 1.84. The van der Waals surface area contributed by atoms with E-state index >= 15 is 0 Å². The molecular weight excluding hydrogens is 321 g/mol. The minimum absolute atomic E-state index is 0.120. The Morgan fingerprint density at radius 2 is 1.88 bits per heavy atom. The molecule has 2 rings (SSSR count). The van der Waals surface area contributed by atoms with E-state index in [1.807, 2.05) is 0 Å². The third kappa shape index (κ3) is 4.27. The van der Waals surface area contributed by atoms with Crippen molar-refractivity contribution < 1.29 is 22.8 Å². The van der Waals surface area contributed by atoms with Crippen molar-refractivity contribution in [2.75, 3.05) is 13.1 Å². The molecule has 1 fully saturated rings. The first-order chi connectivity index (χ1) is 11.3. The zero-order chi connectivity index (χ0) is 17.8. The van der Waals surface area contributed by atoms with Crippen LogP contribution in [0.15, 0.2) is 24.3 Å². The van der Waals surface area contributed by atoms with E-state index in [1.54, 1.807) is 13.0 Å². The van der Waals surface area contributed by atoms with Crippen LogP contribution in [-0.4, -0.2) is 24.9 Å². The molecule has 24 heavy (non-hydrogen) atoms. The van der Waals surface area contributed by atoms with Crippen molar-refractivity contribution in [3.05, 3.63) is 35.4 Å². The summed E-state index contributed by atoms with van der Waals surface area (Å²) in [5.74, 6) is -0.559. The molecule has 132 valence electrons. The lowest BCUT2D eigenvalue weighted by molar-refractivity contribution is -0.137. The maximum Gasteiger partial charge on any atom is 0.416 e. The predicted octanol–water partition coefficient (Wildman–Crippen LogP) is 2.77. The van der Waals surface area contributed by atoms with Crippen LogP contribution in [0.1, 0.15) is 43.7 Å². The fraction of sp³-hybridized carbons (Fsp3) is 0.529. The fourth-order valence-corrected chi connectivity index (χ4v) is 2.83. The number of nitrogens with one attached hydrogen (secondary N) is 2. The standard InChI is InChI=1S/C17H21F3N2O2/c1-2-14(23)21-10-15(24)22-11-16(7-4-8-16)12-5-3-6-13(9-12)17(18,19)20/h3,5-6,9H,2,4,7-8,10-11H2,1H3,(H,21,23)(H,22,24). The molecule has 0 bridgehead atoms. The molecule has 4 nitrogen and oxygen atoms in total. The van der Waals surface area contributed by atoms with Crippen LogP contribution in [-0.2, 0) is 21.2 Å². The van der Waals surface area contributed by atoms with Gasteiger partial charge in [0.05, 0.1) is 12.1 Å². The number of hydrogen-bond donors (Lipinski definition) is 2. The van der Waals surface area contributed by atoms with Crippen LogP contribution < -0.4 is 10.6 Å². The Morgan fingerprint density at radius 3 is 2.42 bits per heavy atom. The first kappa shape index (κ1) is 18.3. The van der Waals surface area contributed by atoms with E-state index in [0.29, 0.717) is 12.0 Å². The lowest BCUT2D eigenvalue weighted by Gasteiger charge is -2.43. The maximum atomic E-state index is 12.9. The minimum atomic E-state index is -4.38. The summed E-state index contributed by atoms with van der Waals surface area (Å²) in [5, 5.41) is 5.20. The summed E-state index contributed by atoms with van der Waals surface area (Å²) < 4.78 is 38.7. The van der Waals surface area contributed by atoms with Gasteiger partial charge in [-0.05, 0) is 24.5 Å². The van der Waals surface area contributed by atoms with Crippen molar-refractivity contribution in [1.29, 1.82) is 0 Å². The van der Waals surface area contributed by atoms with E-state index < -0.39 is 17.2 Å². The van der Waals surface area contributed by atoms with E-state index in [0.717, 1.165) is 25.3 Å². The van der Waals surface area contributed by atoms with Gasteiger partial charge in [-0.2, -0.15) is 13.2 Å². The van der Waals surface area contributed by atoms with Gasteiger partial charge in [0.1, 0.15) is 0 Å². The molecule has 0 unspecified atom stereocenters. The average molecular weight is 342 g/mol. The maximum absolute atomic E-state index is 12.9. The highest BCUT2D eigenvalue weighted by molar-refractivity contribution is 5.84. The number of carbonyl (C=O) groups excluding carboxylic acids is 2. The molecule has 2 N–H and O–H groups in total. The molecule has 1 aromatic rings. The van der Waals surface area contributed by atoms with Crippen LogP contribution in [0.3, 0.4) is 0 Å². The van der Waals surface area contributed by atoms with Gasteiger partial charge in [-0.15, -0.1) is 0 Å². The Kier molecular flexibility index (Phi) is 5.51. The summed E-state index contributed by atoms with van der Waals surface area (Å²) in [7, 11) is 0. The summed E-state index contributed by atoms with van der Waals surface area (Å²) in [5.41, 5.74) is -0.527. The van der Waals surface area contributed by atoms with Crippen molar-refractivity contribution in [2.45, 2.75) is 44.2 Å². The van der Waals surface area contributed by atoms with E-state index in [4.69, 9.17) is 0 Å². The summed E-state index contributed by atoms with van der Waals surface area (Å²) in [6.07, 6.45) is -1.71. The Balaban J connectivity index is 2.02. The van der Waals surface area contributed by atoms with Gasteiger partial charge in [-0.25, -0.2) is 0 Å². The van der Waals surface area contributed by atoms with Crippen molar-refractivity contribution >= 4 is 11.8 Å². The first-order valence-corrected chi connectivity index (χ1v) is 7.98. The van der Waals surface area contributed by atoms with Gasteiger partial charge in [0.15, 0.2) is 0 Å². The Morgan fingerprint density at radius 1 is 1.17 bits per heavy atom. The predicted molar refractivity (Wildman–Crippen MR) is 83.3 cm³/mol. The van der Waals surface area contributed by atoms with Gasteiger partial charge in [-0.3, -0.25) is 9.59 Å². The third-order valence-corrected chi connectivity index (χ3v) is 4.50. The number of benzene rings is 1. The van der Waals surface area contributed by atoms with Gasteiger partial charge in [0.2, 0.25) is 11.8 Å². The molecule has 0 saturated heterocycles. The van der Waals surface area contributed by atoms with Gasteiger partial charge >= 0.3 is 6.18 Å². The number of alkyl halides is 3. The van der Waals surface area contributed by atoms with Crippen LogP contribution in [0.25, 0.3) is 0 Å². The van der Waals surface area contributed by atoms with Crippen LogP contribution in [0.4, 0.5) is 13.2 Å². The van der Waals surface area contributed by atoms with E-state index in [9.17, 15) is 22.8 Å². The lowest BCUT2D eigenvalue weighted by Crippen LogP contribution is -2.47. The molecule has 7 heteroatoms. The molecule has 1 aliphatic rings. The zero-order valence-electron chi connectivity index (χ0n) is 13.5. The van der Waals surface area contributed by atoms with Crippen molar-refractivity contribution in [2.24, 2.45) is 0 Å². The molecule has 1 aromatic carbocycles. The molecular formula is C17H21F3N2O2. The second kappa shape index (κ2) is 7.23. The molecule has 1 aliphatic carbocycles. The molecule has 0 aromatic heterocycles. The molecule has 0 aliphatic heterocycles. The number of hydrogen-bond acceptors (Lipinski definition) is 2. The average Bonchev–Trinajstić information content (AvgIpc) is 2.51. The van der Waals surface area contributed by atoms with E-state index in [2.05, 4.69) is 10.6 Å². The fourth-order valence-electron chi connectivity index (χ4n) is 2.83. The second-order valence-corrected chi connectivity index (χ2v) is 6.12. The number of rotatable bonds is 6. The smallest absolute Gasteiger partial charge is 0.354 e. The highest BCUT2D eigenvalue weighted by atomic mass is 19.4. The van der Waals surface area contributed by atoms with Crippen LogP contribution >= 0.6 is 0 Å². The Bertz CT molecular complexity index is 610. The largest absolute Gasteiger partial charge is 0.416 e. The lowest BCUT2D eigenvalue weighted by atomic mass is 9.64. The number of carbonyl (C=O) groups is 2. The normalized spacial score (nSPS) is 16.2. The molecule has 0 atom stereocenters. The van der Waals surface area contributed by atoms with Gasteiger partial charge < -0.3 is 10.6 Å². The highest BCUT2D eigenvalue weighted by Gasteiger charge is 2.40. The monoisotopic (exact) mass is 342 g/mol. The van der Waals surface area contributed by atoms with Gasteiger partial charge in [-0.1, -0.05) is 31.5 Å². The summed E-state index contributed by atoms with van der Waals surface area (Å²) in [6, 6.07) is 5.31. The highest BCUT2D eigenvalue weighted by Crippen LogP contribution is 2.44. The SMILES string of the molecule is CCC(=O)NCC(=O)NCC1(c2cccc(C(F)(F)F)c2)CCC1. The van der Waals surface area contributed by atoms with Gasteiger partial charge in [0.25, 0.3) is 0 Å². The van der Waals surface area contributed by atoms with Crippen molar-refractivity contribution in [1.82, 2.24) is 10.6 Å². The number of amides is 2. The topological polar surface area (TPSA) is 58.2 Å². The Hall–Kier alpha value is -2.05. The van der Waals surface area contributed by atoms with E-state index in [-0.39, 0.29) is 24.9 Å². The van der Waals surface area contributed by atoms with Crippen molar-refractivity contribution in [3.8, 4) is 0 Å². The zero-order valence-corrected chi connectivity index (χ0v) is 13.5. The van der Waals surface area contributed by atoms with E-state index in [1.165, 1.54) is 12.1 Å². The van der Waals surface area contributed by atoms with Crippen LogP contribution in [0, 0.1) is 0 Å². The molecule has 1 saturated carbocycles. The molecule has 0 spiro atoms. The molecule has 0 radical (unpaired) electrons. The Labute approximate surface area is 138 Å². The second-order valence-electron chi connectivity index (χ2n) is 6.12. The van der Waals surface area contributed by atoms with Crippen LogP contribution in [0.2, 0.25) is 0 Å². The quantitative estimate of drug-likeness (QED) is 0.835. The number of halogens is 3. The van der Waals surface area contributed by atoms with Crippen molar-refractivity contribution in [3.63, 3.8) is 0 Å². The summed E-state index contributed by atoms with van der Waals surface area (Å²) >= 11 is 0. The molecule has 2 amide bonds. The first-order valence-electron chi connectivity index (χ1n) is 7.98. The third-order valence-electron chi connectivity index (χ3n) is 4.50. The minimum Gasteiger partial charge on any atom is -0.354 e. The van der Waals surface area contributed by atoms with Gasteiger partial charge in [0, 0.05) is 18.4 Å². The summed E-state index contributed by atoms with van der Waals surface area (Å²) in [4.78, 5) is 22.9.